The molecule has 0 saturated heterocycles. The average molecular weight is 614 g/mol. The van der Waals surface area contributed by atoms with Gasteiger partial charge in [0, 0.05) is 27.2 Å². The van der Waals surface area contributed by atoms with Crippen LogP contribution in [0.25, 0.3) is 6.08 Å². The number of benzene rings is 4. The van der Waals surface area contributed by atoms with Gasteiger partial charge in [-0.15, -0.1) is 11.8 Å². The largest absolute Gasteiger partial charge is 0.495 e. The molecule has 4 aromatic carbocycles. The van der Waals surface area contributed by atoms with Crippen LogP contribution >= 0.6 is 23.4 Å². The van der Waals surface area contributed by atoms with E-state index in [4.69, 9.17) is 16.3 Å². The van der Waals surface area contributed by atoms with E-state index in [1.54, 1.807) is 54.6 Å². The van der Waals surface area contributed by atoms with E-state index in [0.717, 1.165) is 21.6 Å². The van der Waals surface area contributed by atoms with Crippen LogP contribution in [0.1, 0.15) is 34.0 Å². The second-order valence-corrected chi connectivity index (χ2v) is 11.6. The first kappa shape index (κ1) is 31.4. The summed E-state index contributed by atoms with van der Waals surface area (Å²) in [6.07, 6.45) is 1.64. The Morgan fingerprint density at radius 2 is 1.56 bits per heavy atom. The zero-order valence-electron chi connectivity index (χ0n) is 24.2. The van der Waals surface area contributed by atoms with Crippen molar-refractivity contribution in [3.05, 3.63) is 124 Å². The van der Waals surface area contributed by atoms with Gasteiger partial charge < -0.3 is 20.7 Å². The highest BCUT2D eigenvalue weighted by Crippen LogP contribution is 2.32. The summed E-state index contributed by atoms with van der Waals surface area (Å²) in [5.74, 6) is -0.566. The van der Waals surface area contributed by atoms with E-state index in [1.807, 2.05) is 63.2 Å². The maximum absolute atomic E-state index is 13.3. The van der Waals surface area contributed by atoms with Crippen LogP contribution in [-0.4, -0.2) is 30.1 Å². The summed E-state index contributed by atoms with van der Waals surface area (Å²) in [6.45, 7) is 5.64. The van der Waals surface area contributed by atoms with Gasteiger partial charge in [0.15, 0.2) is 0 Å². The standard InChI is InChI=1S/C34H32ClN3O4S/c1-21-10-12-24(13-11-21)19-30(38-33(40)25-8-6-5-7-9-25)34(41)36-26-14-16-27(17-15-26)43-23(3)32(39)37-29-18-22(2)28(35)20-31(29)42-4/h5-20,23H,1-4H3,(H,36,41)(H,37,39)(H,38,40)/b30-19-. The van der Waals surface area contributed by atoms with Crippen molar-refractivity contribution in [3.8, 4) is 5.75 Å². The lowest BCUT2D eigenvalue weighted by molar-refractivity contribution is -0.115. The maximum Gasteiger partial charge on any atom is 0.272 e. The van der Waals surface area contributed by atoms with Crippen LogP contribution in [0.4, 0.5) is 11.4 Å². The molecule has 0 bridgehead atoms. The van der Waals surface area contributed by atoms with Gasteiger partial charge in [-0.3, -0.25) is 14.4 Å². The molecule has 43 heavy (non-hydrogen) atoms. The van der Waals surface area contributed by atoms with Crippen molar-refractivity contribution in [3.63, 3.8) is 0 Å². The average Bonchev–Trinajstić information content (AvgIpc) is 3.00. The second-order valence-electron chi connectivity index (χ2n) is 9.82. The molecule has 7 nitrogen and oxygen atoms in total. The number of aryl methyl sites for hydroxylation is 2. The van der Waals surface area contributed by atoms with Crippen LogP contribution in [0.5, 0.6) is 5.75 Å². The number of rotatable bonds is 10. The minimum absolute atomic E-state index is 0.106. The van der Waals surface area contributed by atoms with Crippen molar-refractivity contribution >= 4 is 58.5 Å². The van der Waals surface area contributed by atoms with E-state index in [1.165, 1.54) is 18.9 Å². The first-order valence-corrected chi connectivity index (χ1v) is 14.8. The molecule has 0 aliphatic rings. The molecule has 0 aliphatic heterocycles. The monoisotopic (exact) mass is 613 g/mol. The fourth-order valence-corrected chi connectivity index (χ4v) is 5.03. The third-order valence-corrected chi connectivity index (χ3v) is 7.97. The van der Waals surface area contributed by atoms with Crippen LogP contribution < -0.4 is 20.7 Å². The van der Waals surface area contributed by atoms with Gasteiger partial charge >= 0.3 is 0 Å². The second kappa shape index (κ2) is 14.6. The number of carbonyl (C=O) groups is 3. The summed E-state index contributed by atoms with van der Waals surface area (Å²) < 4.78 is 5.36. The molecule has 4 rings (SSSR count). The van der Waals surface area contributed by atoms with Crippen LogP contribution in [0.2, 0.25) is 5.02 Å². The molecule has 0 spiro atoms. The van der Waals surface area contributed by atoms with Crippen molar-refractivity contribution in [2.75, 3.05) is 17.7 Å². The SMILES string of the molecule is COc1cc(Cl)c(C)cc1NC(=O)C(C)Sc1ccc(NC(=O)/C(=C/c2ccc(C)cc2)NC(=O)c2ccccc2)cc1. The van der Waals surface area contributed by atoms with Crippen molar-refractivity contribution < 1.29 is 19.1 Å². The number of amides is 3. The van der Waals surface area contributed by atoms with Crippen LogP contribution in [0.3, 0.4) is 0 Å². The van der Waals surface area contributed by atoms with Gasteiger partial charge in [0.1, 0.15) is 11.4 Å². The maximum atomic E-state index is 13.3. The number of halogens is 1. The van der Waals surface area contributed by atoms with Gasteiger partial charge in [-0.2, -0.15) is 0 Å². The zero-order chi connectivity index (χ0) is 30.9. The lowest BCUT2D eigenvalue weighted by Crippen LogP contribution is -2.30. The van der Waals surface area contributed by atoms with Crippen molar-refractivity contribution in [2.24, 2.45) is 0 Å². The lowest BCUT2D eigenvalue weighted by Gasteiger charge is -2.16. The lowest BCUT2D eigenvalue weighted by atomic mass is 10.1. The molecule has 1 unspecified atom stereocenters. The molecule has 220 valence electrons. The summed E-state index contributed by atoms with van der Waals surface area (Å²) in [6, 6.07) is 26.9. The van der Waals surface area contributed by atoms with Crippen LogP contribution in [0.15, 0.2) is 102 Å². The summed E-state index contributed by atoms with van der Waals surface area (Å²) >= 11 is 7.55. The molecule has 0 radical (unpaired) electrons. The number of hydrogen-bond acceptors (Lipinski definition) is 5. The predicted molar refractivity (Wildman–Crippen MR) is 175 cm³/mol. The predicted octanol–water partition coefficient (Wildman–Crippen LogP) is 7.49. The van der Waals surface area contributed by atoms with Gasteiger partial charge in [-0.05, 0) is 80.4 Å². The molecule has 3 amide bonds. The summed E-state index contributed by atoms with van der Waals surface area (Å²) in [4.78, 5) is 39.9. The number of anilines is 2. The molecular weight excluding hydrogens is 582 g/mol. The van der Waals surface area contributed by atoms with Gasteiger partial charge in [0.05, 0.1) is 18.0 Å². The van der Waals surface area contributed by atoms with Crippen molar-refractivity contribution in [2.45, 2.75) is 30.9 Å². The first-order valence-electron chi connectivity index (χ1n) is 13.5. The minimum atomic E-state index is -0.467. The van der Waals surface area contributed by atoms with Gasteiger partial charge in [-0.25, -0.2) is 0 Å². The fourth-order valence-electron chi connectivity index (χ4n) is 4.01. The number of ether oxygens (including phenoxy) is 1. The fraction of sp³-hybridized carbons (Fsp3) is 0.147. The molecule has 0 fully saturated rings. The van der Waals surface area contributed by atoms with Crippen molar-refractivity contribution in [1.82, 2.24) is 5.32 Å². The van der Waals surface area contributed by atoms with Crippen molar-refractivity contribution in [1.29, 1.82) is 0 Å². The molecule has 0 aliphatic carbocycles. The minimum Gasteiger partial charge on any atom is -0.495 e. The normalized spacial score (nSPS) is 11.8. The third kappa shape index (κ3) is 8.73. The Labute approximate surface area is 260 Å². The summed E-state index contributed by atoms with van der Waals surface area (Å²) in [7, 11) is 1.52. The molecular formula is C34H32ClN3O4S. The Morgan fingerprint density at radius 3 is 2.21 bits per heavy atom. The van der Waals surface area contributed by atoms with Gasteiger partial charge in [-0.1, -0.05) is 59.6 Å². The number of hydrogen-bond donors (Lipinski definition) is 3. The molecule has 0 aromatic heterocycles. The Kier molecular flexibility index (Phi) is 10.6. The number of methoxy groups -OCH3 is 1. The number of nitrogens with one attached hydrogen (secondary N) is 3. The quantitative estimate of drug-likeness (QED) is 0.127. The Hall–Kier alpha value is -4.53. The molecule has 9 heteroatoms. The van der Waals surface area contributed by atoms with Crippen LogP contribution in [-0.2, 0) is 9.59 Å². The molecule has 4 aromatic rings. The summed E-state index contributed by atoms with van der Waals surface area (Å²) in [5.41, 5.74) is 4.32. The number of thioether (sulfide) groups is 1. The highest BCUT2D eigenvalue weighted by atomic mass is 35.5. The number of carbonyl (C=O) groups excluding carboxylic acids is 3. The van der Waals surface area contributed by atoms with E-state index in [-0.39, 0.29) is 17.5 Å². The zero-order valence-corrected chi connectivity index (χ0v) is 25.8. The summed E-state index contributed by atoms with van der Waals surface area (Å²) in [5, 5.41) is 8.65. The first-order chi connectivity index (χ1) is 20.6. The molecule has 3 N–H and O–H groups in total. The van der Waals surface area contributed by atoms with E-state index in [0.29, 0.717) is 27.7 Å². The van der Waals surface area contributed by atoms with Crippen LogP contribution in [0, 0.1) is 13.8 Å². The van der Waals surface area contributed by atoms with E-state index in [2.05, 4.69) is 16.0 Å². The Morgan fingerprint density at radius 1 is 0.884 bits per heavy atom. The van der Waals surface area contributed by atoms with E-state index < -0.39 is 11.2 Å². The van der Waals surface area contributed by atoms with Gasteiger partial charge in [0.2, 0.25) is 5.91 Å². The Balaban J connectivity index is 1.43. The van der Waals surface area contributed by atoms with E-state index >= 15 is 0 Å². The topological polar surface area (TPSA) is 96.5 Å². The van der Waals surface area contributed by atoms with E-state index in [9.17, 15) is 14.4 Å². The van der Waals surface area contributed by atoms with Gasteiger partial charge in [0.25, 0.3) is 11.8 Å². The Bertz CT molecular complexity index is 1640. The smallest absolute Gasteiger partial charge is 0.272 e. The third-order valence-electron chi connectivity index (χ3n) is 6.45. The molecule has 0 saturated carbocycles. The molecule has 1 atom stereocenters. The molecule has 0 heterocycles. The highest BCUT2D eigenvalue weighted by molar-refractivity contribution is 8.00. The highest BCUT2D eigenvalue weighted by Gasteiger charge is 2.18.